The molecule has 7 nitrogen and oxygen atoms in total. The average molecular weight is 391 g/mol. The number of piperidine rings is 1. The molecule has 0 saturated carbocycles. The van der Waals surface area contributed by atoms with Gasteiger partial charge in [0.05, 0.1) is 11.8 Å². The summed E-state index contributed by atoms with van der Waals surface area (Å²) in [6, 6.07) is 6.97. The third-order valence-corrected chi connectivity index (χ3v) is 7.04. The number of sulfonamides is 1. The quantitative estimate of drug-likeness (QED) is 0.783. The van der Waals surface area contributed by atoms with Crippen molar-refractivity contribution in [1.82, 2.24) is 14.1 Å². The number of benzene rings is 1. The number of rotatable bonds is 7. The molecule has 1 saturated heterocycles. The van der Waals surface area contributed by atoms with Gasteiger partial charge >= 0.3 is 5.97 Å². The van der Waals surface area contributed by atoms with Crippen molar-refractivity contribution in [2.75, 3.05) is 13.1 Å². The van der Waals surface area contributed by atoms with Crippen molar-refractivity contribution in [3.05, 3.63) is 47.8 Å². The molecule has 2 heterocycles. The Bertz CT molecular complexity index is 882. The fourth-order valence-corrected chi connectivity index (χ4v) is 4.85. The first-order valence-corrected chi connectivity index (χ1v) is 10.7. The molecule has 1 fully saturated rings. The maximum Gasteiger partial charge on any atom is 0.335 e. The van der Waals surface area contributed by atoms with Gasteiger partial charge in [-0.3, -0.25) is 4.68 Å². The molecule has 0 bridgehead atoms. The van der Waals surface area contributed by atoms with E-state index in [0.29, 0.717) is 31.1 Å². The summed E-state index contributed by atoms with van der Waals surface area (Å²) in [5.74, 6) is -0.437. The fraction of sp³-hybridized carbons (Fsp3) is 0.474. The molecule has 1 aliphatic heterocycles. The predicted molar refractivity (Wildman–Crippen MR) is 101 cm³/mol. The maximum atomic E-state index is 12.7. The summed E-state index contributed by atoms with van der Waals surface area (Å²) in [4.78, 5) is 11.2. The number of carbonyl (C=O) groups is 1. The van der Waals surface area contributed by atoms with E-state index in [0.717, 1.165) is 31.2 Å². The van der Waals surface area contributed by atoms with Crippen LogP contribution in [0.5, 0.6) is 0 Å². The van der Waals surface area contributed by atoms with Gasteiger partial charge in [0.2, 0.25) is 10.0 Å². The lowest BCUT2D eigenvalue weighted by Gasteiger charge is -2.30. The summed E-state index contributed by atoms with van der Waals surface area (Å²) in [7, 11) is -3.46. The summed E-state index contributed by atoms with van der Waals surface area (Å²) in [5, 5.41) is 13.0. The molecule has 1 N–H and O–H groups in total. The maximum absolute atomic E-state index is 12.7. The fourth-order valence-electron chi connectivity index (χ4n) is 3.42. The van der Waals surface area contributed by atoms with Crippen molar-refractivity contribution in [2.45, 2.75) is 44.0 Å². The topological polar surface area (TPSA) is 92.5 Å². The number of nitrogens with zero attached hydrogens (tertiary/aromatic N) is 3. The summed E-state index contributed by atoms with van der Waals surface area (Å²) in [6.45, 7) is 3.62. The smallest absolute Gasteiger partial charge is 0.335 e. The van der Waals surface area contributed by atoms with Crippen molar-refractivity contribution in [1.29, 1.82) is 0 Å². The Morgan fingerprint density at radius 3 is 2.44 bits per heavy atom. The first kappa shape index (κ1) is 19.6. The molecule has 2 aromatic rings. The number of carboxylic acids is 1. The highest BCUT2D eigenvalue weighted by atomic mass is 32.2. The second-order valence-electron chi connectivity index (χ2n) is 6.92. The predicted octanol–water partition coefficient (Wildman–Crippen LogP) is 2.63. The van der Waals surface area contributed by atoms with Crippen LogP contribution in [0.4, 0.5) is 0 Å². The molecule has 0 unspecified atom stereocenters. The summed E-state index contributed by atoms with van der Waals surface area (Å²) in [5.41, 5.74) is 1.41. The van der Waals surface area contributed by atoms with E-state index in [1.165, 1.54) is 6.20 Å². The number of aryl methyl sites for hydroxylation is 2. The van der Waals surface area contributed by atoms with Gasteiger partial charge in [0, 0.05) is 25.8 Å². The molecule has 27 heavy (non-hydrogen) atoms. The van der Waals surface area contributed by atoms with Crippen molar-refractivity contribution in [2.24, 2.45) is 5.92 Å². The van der Waals surface area contributed by atoms with Crippen LogP contribution in [0.2, 0.25) is 0 Å². The Morgan fingerprint density at radius 2 is 1.89 bits per heavy atom. The molecule has 146 valence electrons. The van der Waals surface area contributed by atoms with Crippen LogP contribution in [0.25, 0.3) is 0 Å². The molecule has 0 radical (unpaired) electrons. The Labute approximate surface area is 159 Å². The van der Waals surface area contributed by atoms with Gasteiger partial charge < -0.3 is 5.11 Å². The molecular formula is C19H25N3O4S. The van der Waals surface area contributed by atoms with Crippen LogP contribution in [0.1, 0.15) is 42.1 Å². The standard InChI is InChI=1S/C19H25N3O4S/c1-2-21-14-18(13-20-21)27(25,26)22-11-9-16(10-12-22)4-3-15-5-7-17(8-6-15)19(23)24/h5-8,13-14,16H,2-4,9-12H2,1H3,(H,23,24). The van der Waals surface area contributed by atoms with Crippen LogP contribution in [0.15, 0.2) is 41.6 Å². The Morgan fingerprint density at radius 1 is 1.22 bits per heavy atom. The number of hydrogen-bond donors (Lipinski definition) is 1. The molecule has 1 aromatic heterocycles. The second-order valence-corrected chi connectivity index (χ2v) is 8.86. The number of carboxylic acid groups (broad SMARTS) is 1. The largest absolute Gasteiger partial charge is 0.478 e. The zero-order valence-corrected chi connectivity index (χ0v) is 16.2. The van der Waals surface area contributed by atoms with Gasteiger partial charge in [-0.05, 0) is 56.2 Å². The van der Waals surface area contributed by atoms with Crippen molar-refractivity contribution >= 4 is 16.0 Å². The highest BCUT2D eigenvalue weighted by Gasteiger charge is 2.30. The Hall–Kier alpha value is -2.19. The van der Waals surface area contributed by atoms with Crippen molar-refractivity contribution in [3.8, 4) is 0 Å². The Kier molecular flexibility index (Phi) is 5.96. The lowest BCUT2D eigenvalue weighted by atomic mass is 9.91. The van der Waals surface area contributed by atoms with Crippen LogP contribution in [0.3, 0.4) is 0 Å². The van der Waals surface area contributed by atoms with Gasteiger partial charge in [-0.15, -0.1) is 0 Å². The molecule has 0 atom stereocenters. The zero-order valence-electron chi connectivity index (χ0n) is 15.4. The highest BCUT2D eigenvalue weighted by molar-refractivity contribution is 7.89. The average Bonchev–Trinajstić information content (AvgIpc) is 3.17. The van der Waals surface area contributed by atoms with Crippen LogP contribution < -0.4 is 0 Å². The number of aromatic carboxylic acids is 1. The van der Waals surface area contributed by atoms with Crippen LogP contribution >= 0.6 is 0 Å². The lowest BCUT2D eigenvalue weighted by molar-refractivity contribution is 0.0697. The van der Waals surface area contributed by atoms with Gasteiger partial charge in [0.25, 0.3) is 0 Å². The Balaban J connectivity index is 1.52. The first-order chi connectivity index (χ1) is 12.9. The van der Waals surface area contributed by atoms with E-state index in [4.69, 9.17) is 5.11 Å². The molecular weight excluding hydrogens is 366 g/mol. The monoisotopic (exact) mass is 391 g/mol. The minimum atomic E-state index is -3.46. The second kappa shape index (κ2) is 8.22. The van der Waals surface area contributed by atoms with E-state index in [1.807, 2.05) is 19.1 Å². The van der Waals surface area contributed by atoms with E-state index in [1.54, 1.807) is 27.3 Å². The van der Waals surface area contributed by atoms with Crippen LogP contribution in [-0.4, -0.2) is 46.7 Å². The van der Waals surface area contributed by atoms with E-state index in [2.05, 4.69) is 5.10 Å². The molecule has 0 amide bonds. The molecule has 1 aliphatic rings. The van der Waals surface area contributed by atoms with E-state index < -0.39 is 16.0 Å². The minimum Gasteiger partial charge on any atom is -0.478 e. The van der Waals surface area contributed by atoms with Crippen LogP contribution in [0, 0.1) is 5.92 Å². The molecule has 8 heteroatoms. The SMILES string of the molecule is CCn1cc(S(=O)(=O)N2CCC(CCc3ccc(C(=O)O)cc3)CC2)cn1. The normalized spacial score (nSPS) is 16.5. The van der Waals surface area contributed by atoms with Gasteiger partial charge in [0.15, 0.2) is 0 Å². The van der Waals surface area contributed by atoms with Crippen LogP contribution in [-0.2, 0) is 23.0 Å². The summed E-state index contributed by atoms with van der Waals surface area (Å²) >= 11 is 0. The third kappa shape index (κ3) is 4.56. The molecule has 1 aromatic carbocycles. The zero-order chi connectivity index (χ0) is 19.4. The van der Waals surface area contributed by atoms with Gasteiger partial charge in [-0.2, -0.15) is 9.40 Å². The number of aromatic nitrogens is 2. The van der Waals surface area contributed by atoms with Gasteiger partial charge in [0.1, 0.15) is 4.90 Å². The van der Waals surface area contributed by atoms with E-state index >= 15 is 0 Å². The molecule has 0 aliphatic carbocycles. The van der Waals surface area contributed by atoms with Crippen molar-refractivity contribution in [3.63, 3.8) is 0 Å². The minimum absolute atomic E-state index is 0.265. The first-order valence-electron chi connectivity index (χ1n) is 9.25. The third-order valence-electron chi connectivity index (χ3n) is 5.19. The summed E-state index contributed by atoms with van der Waals surface area (Å²) < 4.78 is 28.6. The molecule has 0 spiro atoms. The van der Waals surface area contributed by atoms with Crippen molar-refractivity contribution < 1.29 is 18.3 Å². The molecule has 3 rings (SSSR count). The summed E-state index contributed by atoms with van der Waals surface area (Å²) in [6.07, 6.45) is 6.55. The number of hydrogen-bond acceptors (Lipinski definition) is 4. The highest BCUT2D eigenvalue weighted by Crippen LogP contribution is 2.26. The van der Waals surface area contributed by atoms with Gasteiger partial charge in [-0.25, -0.2) is 13.2 Å². The van der Waals surface area contributed by atoms with E-state index in [-0.39, 0.29) is 4.90 Å². The lowest BCUT2D eigenvalue weighted by Crippen LogP contribution is -2.38. The van der Waals surface area contributed by atoms with Gasteiger partial charge in [-0.1, -0.05) is 12.1 Å². The van der Waals surface area contributed by atoms with E-state index in [9.17, 15) is 13.2 Å².